The second-order valence-corrected chi connectivity index (χ2v) is 5.43. The topological polar surface area (TPSA) is 27.3 Å². The quantitative estimate of drug-likeness (QED) is 0.855. The third-order valence-corrected chi connectivity index (χ3v) is 3.63. The fourth-order valence-electron chi connectivity index (χ4n) is 2.26. The van der Waals surface area contributed by atoms with Gasteiger partial charge in [0, 0.05) is 31.9 Å². The molecular formula is C15H25N3. The van der Waals surface area contributed by atoms with Crippen molar-refractivity contribution in [3.8, 4) is 0 Å². The van der Waals surface area contributed by atoms with E-state index in [2.05, 4.69) is 54.5 Å². The summed E-state index contributed by atoms with van der Waals surface area (Å²) in [5.41, 5.74) is 4.01. The molecule has 0 amide bonds. The van der Waals surface area contributed by atoms with Crippen LogP contribution in [0.5, 0.6) is 0 Å². The fraction of sp³-hybridized carbons (Fsp3) is 0.600. The predicted molar refractivity (Wildman–Crippen MR) is 78.2 cm³/mol. The number of rotatable bonds is 4. The van der Waals surface area contributed by atoms with E-state index in [1.54, 1.807) is 0 Å². The average molecular weight is 247 g/mol. The van der Waals surface area contributed by atoms with Crippen LogP contribution in [-0.4, -0.2) is 37.7 Å². The molecule has 1 aromatic carbocycles. The highest BCUT2D eigenvalue weighted by Gasteiger charge is 2.09. The van der Waals surface area contributed by atoms with E-state index < -0.39 is 0 Å². The van der Waals surface area contributed by atoms with Gasteiger partial charge in [-0.1, -0.05) is 26.0 Å². The first-order valence-electron chi connectivity index (χ1n) is 6.94. The van der Waals surface area contributed by atoms with Crippen LogP contribution in [-0.2, 0) is 0 Å². The molecule has 0 saturated carbocycles. The summed E-state index contributed by atoms with van der Waals surface area (Å²) >= 11 is 0. The molecule has 3 nitrogen and oxygen atoms in total. The number of hydrogen-bond acceptors (Lipinski definition) is 3. The van der Waals surface area contributed by atoms with Gasteiger partial charge in [0.25, 0.3) is 0 Å². The molecule has 1 heterocycles. The molecule has 0 spiro atoms. The second kappa shape index (κ2) is 6.21. The molecule has 1 fully saturated rings. The van der Waals surface area contributed by atoms with Gasteiger partial charge in [0.05, 0.1) is 6.67 Å². The Morgan fingerprint density at radius 2 is 2.00 bits per heavy atom. The van der Waals surface area contributed by atoms with E-state index in [1.807, 2.05) is 0 Å². The van der Waals surface area contributed by atoms with Gasteiger partial charge < -0.3 is 10.6 Å². The van der Waals surface area contributed by atoms with Gasteiger partial charge >= 0.3 is 0 Å². The first-order chi connectivity index (χ1) is 8.66. The van der Waals surface area contributed by atoms with Crippen molar-refractivity contribution in [2.75, 3.05) is 38.2 Å². The van der Waals surface area contributed by atoms with Crippen LogP contribution >= 0.6 is 0 Å². The highest BCUT2D eigenvalue weighted by molar-refractivity contribution is 5.53. The summed E-state index contributed by atoms with van der Waals surface area (Å²) in [6.45, 7) is 12.1. The van der Waals surface area contributed by atoms with E-state index in [9.17, 15) is 0 Å². The first-order valence-corrected chi connectivity index (χ1v) is 6.94. The standard InChI is InChI=1S/C15H25N3/c1-12(2)14-5-4-13(3)15(10-14)17-11-18-8-6-16-7-9-18/h4-5,10,12,16-17H,6-9,11H2,1-3H3. The van der Waals surface area contributed by atoms with Crippen molar-refractivity contribution in [1.82, 2.24) is 10.2 Å². The summed E-state index contributed by atoms with van der Waals surface area (Å²) in [5.74, 6) is 0.588. The number of piperazine rings is 1. The zero-order chi connectivity index (χ0) is 13.0. The Bertz CT molecular complexity index is 381. The molecule has 0 bridgehead atoms. The number of anilines is 1. The van der Waals surface area contributed by atoms with Gasteiger partial charge in [0.1, 0.15) is 0 Å². The molecule has 0 aromatic heterocycles. The molecular weight excluding hydrogens is 222 g/mol. The Morgan fingerprint density at radius 1 is 1.28 bits per heavy atom. The molecule has 2 N–H and O–H groups in total. The second-order valence-electron chi connectivity index (χ2n) is 5.43. The summed E-state index contributed by atoms with van der Waals surface area (Å²) in [6.07, 6.45) is 0. The Labute approximate surface area is 111 Å². The first kappa shape index (κ1) is 13.4. The van der Waals surface area contributed by atoms with Crippen molar-refractivity contribution in [3.05, 3.63) is 29.3 Å². The molecule has 2 rings (SSSR count). The number of nitrogens with one attached hydrogen (secondary N) is 2. The van der Waals surface area contributed by atoms with Gasteiger partial charge in [-0.2, -0.15) is 0 Å². The van der Waals surface area contributed by atoms with Crippen LogP contribution in [0.3, 0.4) is 0 Å². The van der Waals surface area contributed by atoms with Gasteiger partial charge in [-0.15, -0.1) is 0 Å². The molecule has 1 aliphatic rings. The van der Waals surface area contributed by atoms with Crippen LogP contribution in [0, 0.1) is 6.92 Å². The van der Waals surface area contributed by atoms with Gasteiger partial charge in [-0.25, -0.2) is 0 Å². The van der Waals surface area contributed by atoms with E-state index >= 15 is 0 Å². The van der Waals surface area contributed by atoms with E-state index in [-0.39, 0.29) is 0 Å². The summed E-state index contributed by atoms with van der Waals surface area (Å²) in [5, 5.41) is 6.95. The third-order valence-electron chi connectivity index (χ3n) is 3.63. The van der Waals surface area contributed by atoms with Gasteiger partial charge in [-0.3, -0.25) is 4.90 Å². The molecule has 0 atom stereocenters. The lowest BCUT2D eigenvalue weighted by molar-refractivity contribution is 0.256. The molecule has 100 valence electrons. The summed E-state index contributed by atoms with van der Waals surface area (Å²) < 4.78 is 0. The largest absolute Gasteiger partial charge is 0.372 e. The van der Waals surface area contributed by atoms with E-state index in [4.69, 9.17) is 0 Å². The lowest BCUT2D eigenvalue weighted by atomic mass is 10.0. The number of aryl methyl sites for hydroxylation is 1. The van der Waals surface area contributed by atoms with Crippen molar-refractivity contribution in [3.63, 3.8) is 0 Å². The van der Waals surface area contributed by atoms with E-state index in [1.165, 1.54) is 16.8 Å². The molecule has 1 saturated heterocycles. The Kier molecular flexibility index (Phi) is 4.61. The lowest BCUT2D eigenvalue weighted by Gasteiger charge is -2.28. The molecule has 3 heteroatoms. The minimum atomic E-state index is 0.588. The molecule has 0 unspecified atom stereocenters. The minimum absolute atomic E-state index is 0.588. The van der Waals surface area contributed by atoms with Crippen molar-refractivity contribution >= 4 is 5.69 Å². The van der Waals surface area contributed by atoms with Crippen LogP contribution in [0.2, 0.25) is 0 Å². The minimum Gasteiger partial charge on any atom is -0.372 e. The van der Waals surface area contributed by atoms with Gasteiger partial charge in [0.2, 0.25) is 0 Å². The van der Waals surface area contributed by atoms with Crippen LogP contribution in [0.1, 0.15) is 30.9 Å². The lowest BCUT2D eigenvalue weighted by Crippen LogP contribution is -2.45. The smallest absolute Gasteiger partial charge is 0.0679 e. The maximum atomic E-state index is 3.58. The molecule has 1 aliphatic heterocycles. The molecule has 1 aromatic rings. The van der Waals surface area contributed by atoms with Crippen LogP contribution in [0.4, 0.5) is 5.69 Å². The van der Waals surface area contributed by atoms with Crippen molar-refractivity contribution in [2.45, 2.75) is 26.7 Å². The summed E-state index contributed by atoms with van der Waals surface area (Å²) in [7, 11) is 0. The average Bonchev–Trinajstić information content (AvgIpc) is 2.38. The maximum absolute atomic E-state index is 3.58. The normalized spacial score (nSPS) is 17.1. The number of hydrogen-bond donors (Lipinski definition) is 2. The predicted octanol–water partition coefficient (Wildman–Crippen LogP) is 2.39. The summed E-state index contributed by atoms with van der Waals surface area (Å²) in [4.78, 5) is 2.46. The van der Waals surface area contributed by atoms with E-state index in [0.717, 1.165) is 32.8 Å². The molecule has 18 heavy (non-hydrogen) atoms. The Morgan fingerprint density at radius 3 is 2.67 bits per heavy atom. The molecule has 0 aliphatic carbocycles. The highest BCUT2D eigenvalue weighted by atomic mass is 15.3. The van der Waals surface area contributed by atoms with Gasteiger partial charge in [0.15, 0.2) is 0 Å². The summed E-state index contributed by atoms with van der Waals surface area (Å²) in [6, 6.07) is 6.74. The van der Waals surface area contributed by atoms with E-state index in [0.29, 0.717) is 5.92 Å². The fourth-order valence-corrected chi connectivity index (χ4v) is 2.26. The van der Waals surface area contributed by atoms with Crippen LogP contribution in [0.15, 0.2) is 18.2 Å². The van der Waals surface area contributed by atoms with Crippen molar-refractivity contribution in [2.24, 2.45) is 0 Å². The number of nitrogens with zero attached hydrogens (tertiary/aromatic N) is 1. The van der Waals surface area contributed by atoms with Crippen molar-refractivity contribution < 1.29 is 0 Å². The Balaban J connectivity index is 1.97. The molecule has 0 radical (unpaired) electrons. The maximum Gasteiger partial charge on any atom is 0.0679 e. The van der Waals surface area contributed by atoms with Crippen LogP contribution in [0.25, 0.3) is 0 Å². The third kappa shape index (κ3) is 3.47. The monoisotopic (exact) mass is 247 g/mol. The Hall–Kier alpha value is -1.06. The van der Waals surface area contributed by atoms with Crippen molar-refractivity contribution in [1.29, 1.82) is 0 Å². The SMILES string of the molecule is Cc1ccc(C(C)C)cc1NCN1CCNCC1. The zero-order valence-corrected chi connectivity index (χ0v) is 11.8. The van der Waals surface area contributed by atoms with Crippen LogP contribution < -0.4 is 10.6 Å². The highest BCUT2D eigenvalue weighted by Crippen LogP contribution is 2.22. The number of benzene rings is 1. The van der Waals surface area contributed by atoms with Gasteiger partial charge in [-0.05, 0) is 30.0 Å². The zero-order valence-electron chi connectivity index (χ0n) is 11.8.